The van der Waals surface area contributed by atoms with Crippen LogP contribution in [0.15, 0.2) is 42.6 Å². The zero-order valence-corrected chi connectivity index (χ0v) is 19.4. The second-order valence-corrected chi connectivity index (χ2v) is 8.93. The van der Waals surface area contributed by atoms with Gasteiger partial charge in [0.15, 0.2) is 6.10 Å². The van der Waals surface area contributed by atoms with Crippen LogP contribution in [-0.4, -0.2) is 52.9 Å². The molecule has 168 valence electrons. The van der Waals surface area contributed by atoms with Crippen LogP contribution in [0.5, 0.6) is 5.75 Å². The van der Waals surface area contributed by atoms with Crippen LogP contribution in [0, 0.1) is 18.3 Å². The van der Waals surface area contributed by atoms with E-state index in [2.05, 4.69) is 4.98 Å². The van der Waals surface area contributed by atoms with Crippen molar-refractivity contribution in [1.29, 1.82) is 5.26 Å². The van der Waals surface area contributed by atoms with Gasteiger partial charge in [0.05, 0.1) is 29.6 Å². The molecule has 0 fully saturated rings. The SMILES string of the molecule is Cc1sc(-c2ccccn2)nc1-c1ccc2c(c1)N(CC(=O)N(C)CCC#N)C(=O)C(C)O2. The van der Waals surface area contributed by atoms with E-state index in [-0.39, 0.29) is 24.8 Å². The smallest absolute Gasteiger partial charge is 0.268 e. The first-order valence-electron chi connectivity index (χ1n) is 10.5. The van der Waals surface area contributed by atoms with Crippen molar-refractivity contribution in [3.8, 4) is 33.8 Å². The summed E-state index contributed by atoms with van der Waals surface area (Å²) in [6, 6.07) is 13.3. The average molecular weight is 462 g/mol. The number of rotatable bonds is 6. The Kier molecular flexibility index (Phi) is 6.38. The number of carbonyl (C=O) groups excluding carboxylic acids is 2. The Hall–Kier alpha value is -3.77. The molecule has 1 aromatic carbocycles. The Morgan fingerprint density at radius 2 is 2.15 bits per heavy atom. The van der Waals surface area contributed by atoms with Crippen molar-refractivity contribution in [3.63, 3.8) is 0 Å². The number of amides is 2. The van der Waals surface area contributed by atoms with Crippen LogP contribution in [0.2, 0.25) is 0 Å². The van der Waals surface area contributed by atoms with Gasteiger partial charge in [-0.3, -0.25) is 19.5 Å². The quantitative estimate of drug-likeness (QED) is 0.555. The molecule has 1 aliphatic rings. The third-order valence-corrected chi connectivity index (χ3v) is 6.39. The summed E-state index contributed by atoms with van der Waals surface area (Å²) in [6.07, 6.45) is 1.27. The Morgan fingerprint density at radius 3 is 2.88 bits per heavy atom. The number of pyridine rings is 1. The van der Waals surface area contributed by atoms with E-state index in [0.29, 0.717) is 18.0 Å². The molecule has 8 nitrogen and oxygen atoms in total. The third-order valence-electron chi connectivity index (χ3n) is 5.40. The van der Waals surface area contributed by atoms with E-state index in [1.807, 2.05) is 49.4 Å². The molecule has 1 unspecified atom stereocenters. The van der Waals surface area contributed by atoms with E-state index in [1.165, 1.54) is 9.80 Å². The molecule has 0 saturated carbocycles. The lowest BCUT2D eigenvalue weighted by Crippen LogP contribution is -2.49. The van der Waals surface area contributed by atoms with Crippen LogP contribution in [-0.2, 0) is 9.59 Å². The van der Waals surface area contributed by atoms with Crippen LogP contribution in [0.1, 0.15) is 18.2 Å². The molecule has 0 N–H and O–H groups in total. The second kappa shape index (κ2) is 9.38. The largest absolute Gasteiger partial charge is 0.479 e. The molecule has 1 atom stereocenters. The summed E-state index contributed by atoms with van der Waals surface area (Å²) in [4.78, 5) is 38.7. The summed E-state index contributed by atoms with van der Waals surface area (Å²) in [5.41, 5.74) is 2.96. The number of fused-ring (bicyclic) bond motifs is 1. The van der Waals surface area contributed by atoms with E-state index >= 15 is 0 Å². The molecule has 3 aromatic rings. The summed E-state index contributed by atoms with van der Waals surface area (Å²) in [5, 5.41) is 9.60. The molecule has 2 amide bonds. The maximum Gasteiger partial charge on any atom is 0.268 e. The van der Waals surface area contributed by atoms with Crippen LogP contribution in [0.3, 0.4) is 0 Å². The molecule has 0 spiro atoms. The highest BCUT2D eigenvalue weighted by Crippen LogP contribution is 2.39. The summed E-state index contributed by atoms with van der Waals surface area (Å²) in [6.45, 7) is 3.85. The van der Waals surface area contributed by atoms with Crippen molar-refractivity contribution >= 4 is 28.8 Å². The number of aryl methyl sites for hydroxylation is 1. The van der Waals surface area contributed by atoms with Crippen molar-refractivity contribution in [2.75, 3.05) is 25.0 Å². The van der Waals surface area contributed by atoms with E-state index in [1.54, 1.807) is 31.5 Å². The molecule has 1 aliphatic heterocycles. The Morgan fingerprint density at radius 1 is 1.33 bits per heavy atom. The predicted octanol–water partition coefficient (Wildman–Crippen LogP) is 3.67. The fraction of sp³-hybridized carbons (Fsp3) is 0.292. The molecular formula is C24H23N5O3S. The molecule has 2 aromatic heterocycles. The van der Waals surface area contributed by atoms with Gasteiger partial charge >= 0.3 is 0 Å². The first kappa shape index (κ1) is 22.4. The fourth-order valence-corrected chi connectivity index (χ4v) is 4.49. The summed E-state index contributed by atoms with van der Waals surface area (Å²) in [7, 11) is 1.63. The highest BCUT2D eigenvalue weighted by Gasteiger charge is 2.34. The third kappa shape index (κ3) is 4.56. The van der Waals surface area contributed by atoms with Gasteiger partial charge in [0.25, 0.3) is 5.91 Å². The lowest BCUT2D eigenvalue weighted by atomic mass is 10.1. The van der Waals surface area contributed by atoms with Gasteiger partial charge in [0, 0.05) is 30.2 Å². The first-order valence-corrected chi connectivity index (χ1v) is 11.3. The maximum absolute atomic E-state index is 12.9. The van der Waals surface area contributed by atoms with Gasteiger partial charge in [-0.25, -0.2) is 4.98 Å². The number of thiazole rings is 1. The number of benzene rings is 1. The molecule has 4 rings (SSSR count). The zero-order chi connectivity index (χ0) is 23.5. The number of ether oxygens (including phenoxy) is 1. The van der Waals surface area contributed by atoms with Crippen LogP contribution >= 0.6 is 11.3 Å². The van der Waals surface area contributed by atoms with Crippen LogP contribution in [0.4, 0.5) is 5.69 Å². The minimum absolute atomic E-state index is 0.125. The maximum atomic E-state index is 12.9. The van der Waals surface area contributed by atoms with Crippen molar-refractivity contribution in [2.24, 2.45) is 0 Å². The second-order valence-electron chi connectivity index (χ2n) is 7.73. The monoisotopic (exact) mass is 461 g/mol. The Balaban J connectivity index is 1.68. The van der Waals surface area contributed by atoms with Crippen molar-refractivity contribution in [3.05, 3.63) is 47.5 Å². The molecule has 3 heterocycles. The van der Waals surface area contributed by atoms with Crippen molar-refractivity contribution in [2.45, 2.75) is 26.4 Å². The minimum atomic E-state index is -0.697. The molecule has 9 heteroatoms. The molecule has 0 aliphatic carbocycles. The number of carbonyl (C=O) groups is 2. The van der Waals surface area contributed by atoms with Gasteiger partial charge in [-0.15, -0.1) is 11.3 Å². The Labute approximate surface area is 196 Å². The normalized spacial score (nSPS) is 14.9. The van der Waals surface area contributed by atoms with Gasteiger partial charge in [-0.2, -0.15) is 5.26 Å². The number of nitrogens with zero attached hydrogens (tertiary/aromatic N) is 5. The molecular weight excluding hydrogens is 438 g/mol. The minimum Gasteiger partial charge on any atom is -0.479 e. The first-order chi connectivity index (χ1) is 15.9. The fourth-order valence-electron chi connectivity index (χ4n) is 3.58. The zero-order valence-electron chi connectivity index (χ0n) is 18.6. The van der Waals surface area contributed by atoms with E-state index in [0.717, 1.165) is 26.8 Å². The van der Waals surface area contributed by atoms with Crippen LogP contribution in [0.25, 0.3) is 22.0 Å². The van der Waals surface area contributed by atoms with Crippen molar-refractivity contribution < 1.29 is 14.3 Å². The number of hydrogen-bond donors (Lipinski definition) is 0. The van der Waals surface area contributed by atoms with Gasteiger partial charge in [0.2, 0.25) is 5.91 Å². The highest BCUT2D eigenvalue weighted by molar-refractivity contribution is 7.15. The number of aromatic nitrogens is 2. The Bertz CT molecular complexity index is 1230. The van der Waals surface area contributed by atoms with Crippen molar-refractivity contribution in [1.82, 2.24) is 14.9 Å². The van der Waals surface area contributed by atoms with E-state index < -0.39 is 6.10 Å². The van der Waals surface area contributed by atoms with Gasteiger partial charge in [0.1, 0.15) is 17.3 Å². The summed E-state index contributed by atoms with van der Waals surface area (Å²) < 4.78 is 5.79. The average Bonchev–Trinajstić information content (AvgIpc) is 3.22. The predicted molar refractivity (Wildman–Crippen MR) is 126 cm³/mol. The molecule has 33 heavy (non-hydrogen) atoms. The van der Waals surface area contributed by atoms with E-state index in [9.17, 15) is 9.59 Å². The van der Waals surface area contributed by atoms with Gasteiger partial charge in [-0.05, 0) is 44.2 Å². The number of anilines is 1. The number of hydrogen-bond acceptors (Lipinski definition) is 7. The standard InChI is InChI=1S/C24H23N5O3S/c1-15-24(31)29(14-21(30)28(3)12-6-10-25)19-13-17(8-9-20(19)32-15)22-16(2)33-23(27-22)18-7-4-5-11-26-18/h4-5,7-9,11,13,15H,6,12,14H2,1-3H3. The molecule has 0 saturated heterocycles. The van der Waals surface area contributed by atoms with Gasteiger partial charge in [-0.1, -0.05) is 6.07 Å². The van der Waals surface area contributed by atoms with Crippen LogP contribution < -0.4 is 9.64 Å². The summed E-state index contributed by atoms with van der Waals surface area (Å²) in [5.74, 6) is 0.00773. The summed E-state index contributed by atoms with van der Waals surface area (Å²) >= 11 is 1.55. The van der Waals surface area contributed by atoms with E-state index in [4.69, 9.17) is 15.0 Å². The lowest BCUT2D eigenvalue weighted by Gasteiger charge is -2.33. The molecule has 0 radical (unpaired) electrons. The number of likely N-dealkylation sites (N-methyl/N-ethyl adjacent to an activating group) is 1. The lowest BCUT2D eigenvalue weighted by molar-refractivity contribution is -0.132. The number of nitriles is 1. The topological polar surface area (TPSA) is 99.4 Å². The molecule has 0 bridgehead atoms. The van der Waals surface area contributed by atoms with Gasteiger partial charge < -0.3 is 9.64 Å². The highest BCUT2D eigenvalue weighted by atomic mass is 32.1.